The van der Waals surface area contributed by atoms with Gasteiger partial charge >= 0.3 is 0 Å². The zero-order valence-corrected chi connectivity index (χ0v) is 12.2. The Morgan fingerprint density at radius 2 is 2.26 bits per heavy atom. The van der Waals surface area contributed by atoms with Crippen LogP contribution in [0, 0.1) is 6.92 Å². The monoisotopic (exact) mass is 301 g/mol. The Hall–Kier alpha value is -1.61. The van der Waals surface area contributed by atoms with E-state index in [0.29, 0.717) is 11.5 Å². The second kappa shape index (κ2) is 5.17. The molecule has 19 heavy (non-hydrogen) atoms. The molecule has 0 atom stereocenters. The maximum atomic E-state index is 12.0. The molecule has 4 N–H and O–H groups in total. The molecule has 0 saturated carbocycles. The van der Waals surface area contributed by atoms with Crippen molar-refractivity contribution >= 4 is 32.2 Å². The molecule has 2 heterocycles. The van der Waals surface area contributed by atoms with Crippen LogP contribution in [0.4, 0.5) is 10.8 Å². The van der Waals surface area contributed by atoms with Gasteiger partial charge in [-0.2, -0.15) is 9.47 Å². The average Bonchev–Trinajstić information content (AvgIpc) is 2.93. The standard InChI is InChI=1S/C10H15N5O2S2/c1-3-19(16,17)8-9(11)15-18-10(8)12-4-7-5-13-14-6(7)2/h5,12H,3-4H2,1-2H3,(H2,11,15)(H,13,14). The first kappa shape index (κ1) is 13.8. The van der Waals surface area contributed by atoms with Crippen LogP contribution in [0.25, 0.3) is 0 Å². The van der Waals surface area contributed by atoms with E-state index in [4.69, 9.17) is 5.73 Å². The number of hydrogen-bond acceptors (Lipinski definition) is 7. The van der Waals surface area contributed by atoms with Gasteiger partial charge in [-0.3, -0.25) is 5.10 Å². The van der Waals surface area contributed by atoms with Crippen molar-refractivity contribution < 1.29 is 8.42 Å². The molecule has 0 spiro atoms. The number of nitrogens with zero attached hydrogens (tertiary/aromatic N) is 2. The Morgan fingerprint density at radius 1 is 1.53 bits per heavy atom. The fraction of sp³-hybridized carbons (Fsp3) is 0.400. The van der Waals surface area contributed by atoms with Gasteiger partial charge in [-0.15, -0.1) is 0 Å². The summed E-state index contributed by atoms with van der Waals surface area (Å²) in [5, 5.41) is 10.3. The topological polar surface area (TPSA) is 114 Å². The van der Waals surface area contributed by atoms with E-state index in [9.17, 15) is 8.42 Å². The van der Waals surface area contributed by atoms with E-state index in [1.54, 1.807) is 13.1 Å². The number of nitrogens with one attached hydrogen (secondary N) is 2. The van der Waals surface area contributed by atoms with Crippen LogP contribution in [0.3, 0.4) is 0 Å². The van der Waals surface area contributed by atoms with Gasteiger partial charge in [0.1, 0.15) is 9.90 Å². The van der Waals surface area contributed by atoms with Gasteiger partial charge in [0.15, 0.2) is 15.7 Å². The molecule has 0 amide bonds. The molecule has 0 aliphatic rings. The second-order valence-corrected chi connectivity index (χ2v) is 6.99. The number of nitrogens with two attached hydrogens (primary N) is 1. The first-order valence-corrected chi connectivity index (χ1v) is 8.09. The van der Waals surface area contributed by atoms with E-state index in [-0.39, 0.29) is 16.5 Å². The molecule has 0 saturated heterocycles. The molecule has 2 rings (SSSR count). The van der Waals surface area contributed by atoms with Crippen LogP contribution in [0.15, 0.2) is 11.1 Å². The molecule has 0 aromatic carbocycles. The predicted molar refractivity (Wildman–Crippen MR) is 74.9 cm³/mol. The largest absolute Gasteiger partial charge is 0.382 e. The third-order valence-electron chi connectivity index (χ3n) is 2.74. The van der Waals surface area contributed by atoms with E-state index < -0.39 is 9.84 Å². The maximum Gasteiger partial charge on any atom is 0.184 e. The molecule has 0 bridgehead atoms. The highest BCUT2D eigenvalue weighted by Crippen LogP contribution is 2.32. The number of hydrogen-bond donors (Lipinski definition) is 3. The second-order valence-electron chi connectivity index (χ2n) is 4.00. The fourth-order valence-electron chi connectivity index (χ4n) is 1.58. The van der Waals surface area contributed by atoms with Crippen LogP contribution in [0.5, 0.6) is 0 Å². The highest BCUT2D eigenvalue weighted by molar-refractivity contribution is 7.91. The Kier molecular flexibility index (Phi) is 3.76. The summed E-state index contributed by atoms with van der Waals surface area (Å²) >= 11 is 1.05. The van der Waals surface area contributed by atoms with Crippen molar-refractivity contribution in [3.05, 3.63) is 17.5 Å². The first-order valence-electron chi connectivity index (χ1n) is 5.66. The maximum absolute atomic E-state index is 12.0. The zero-order chi connectivity index (χ0) is 14.0. The van der Waals surface area contributed by atoms with E-state index in [2.05, 4.69) is 19.9 Å². The summed E-state index contributed by atoms with van der Waals surface area (Å²) in [7, 11) is -3.38. The summed E-state index contributed by atoms with van der Waals surface area (Å²) < 4.78 is 27.8. The van der Waals surface area contributed by atoms with Crippen molar-refractivity contribution in [3.8, 4) is 0 Å². The van der Waals surface area contributed by atoms with Crippen LogP contribution in [0.1, 0.15) is 18.2 Å². The normalized spacial score (nSPS) is 11.7. The summed E-state index contributed by atoms with van der Waals surface area (Å²) in [4.78, 5) is 0.0983. The van der Waals surface area contributed by atoms with Crippen LogP contribution in [-0.2, 0) is 16.4 Å². The van der Waals surface area contributed by atoms with Crippen LogP contribution in [0.2, 0.25) is 0 Å². The molecular formula is C10H15N5O2S2. The van der Waals surface area contributed by atoms with Gasteiger partial charge in [0.2, 0.25) is 0 Å². The molecular weight excluding hydrogens is 286 g/mol. The number of sulfone groups is 1. The molecule has 0 radical (unpaired) electrons. The summed E-state index contributed by atoms with van der Waals surface area (Å²) in [5.74, 6) is 0.0490. The van der Waals surface area contributed by atoms with Crippen molar-refractivity contribution in [1.29, 1.82) is 0 Å². The summed E-state index contributed by atoms with van der Waals surface area (Å²) in [6.07, 6.45) is 1.70. The quantitative estimate of drug-likeness (QED) is 0.763. The first-order chi connectivity index (χ1) is 8.95. The minimum absolute atomic E-state index is 0.00493. The third-order valence-corrected chi connectivity index (χ3v) is 5.48. The van der Waals surface area contributed by atoms with Gasteiger partial charge in [-0.1, -0.05) is 6.92 Å². The van der Waals surface area contributed by atoms with E-state index in [1.165, 1.54) is 0 Å². The average molecular weight is 301 g/mol. The van der Waals surface area contributed by atoms with Gasteiger partial charge < -0.3 is 11.1 Å². The zero-order valence-electron chi connectivity index (χ0n) is 10.6. The molecule has 0 aliphatic carbocycles. The van der Waals surface area contributed by atoms with Gasteiger partial charge in [0.25, 0.3) is 0 Å². The van der Waals surface area contributed by atoms with Crippen molar-refractivity contribution in [3.63, 3.8) is 0 Å². The Balaban J connectivity index is 2.25. The lowest BCUT2D eigenvalue weighted by molar-refractivity contribution is 0.598. The van der Waals surface area contributed by atoms with Crippen LogP contribution >= 0.6 is 11.5 Å². The molecule has 0 aliphatic heterocycles. The Bertz CT molecular complexity index is 674. The minimum atomic E-state index is -3.38. The predicted octanol–water partition coefficient (Wildman–Crippen LogP) is 1.16. The molecule has 0 fully saturated rings. The molecule has 9 heteroatoms. The minimum Gasteiger partial charge on any atom is -0.382 e. The molecule has 7 nitrogen and oxygen atoms in total. The lowest BCUT2D eigenvalue weighted by atomic mass is 10.3. The Labute approximate surface area is 115 Å². The van der Waals surface area contributed by atoms with Gasteiger partial charge in [0, 0.05) is 17.8 Å². The molecule has 0 unspecified atom stereocenters. The fourth-order valence-corrected chi connectivity index (χ4v) is 3.74. The van der Waals surface area contributed by atoms with E-state index in [1.807, 2.05) is 6.92 Å². The van der Waals surface area contributed by atoms with Gasteiger partial charge in [-0.05, 0) is 18.5 Å². The highest BCUT2D eigenvalue weighted by Gasteiger charge is 2.23. The van der Waals surface area contributed by atoms with E-state index >= 15 is 0 Å². The summed E-state index contributed by atoms with van der Waals surface area (Å²) in [6.45, 7) is 3.95. The summed E-state index contributed by atoms with van der Waals surface area (Å²) in [5.41, 5.74) is 7.54. The number of aromatic amines is 1. The molecule has 2 aromatic heterocycles. The number of H-pyrrole nitrogens is 1. The van der Waals surface area contributed by atoms with Gasteiger partial charge in [0.05, 0.1) is 11.9 Å². The smallest absolute Gasteiger partial charge is 0.184 e. The number of anilines is 2. The van der Waals surface area contributed by atoms with Crippen molar-refractivity contribution in [2.24, 2.45) is 0 Å². The number of rotatable bonds is 5. The van der Waals surface area contributed by atoms with Crippen LogP contribution in [-0.4, -0.2) is 28.7 Å². The van der Waals surface area contributed by atoms with Crippen molar-refractivity contribution in [2.75, 3.05) is 16.8 Å². The lowest BCUT2D eigenvalue weighted by Crippen LogP contribution is -2.09. The highest BCUT2D eigenvalue weighted by atomic mass is 32.2. The van der Waals surface area contributed by atoms with Gasteiger partial charge in [-0.25, -0.2) is 8.42 Å². The number of nitrogen functional groups attached to an aromatic ring is 1. The van der Waals surface area contributed by atoms with Crippen molar-refractivity contribution in [2.45, 2.75) is 25.3 Å². The lowest BCUT2D eigenvalue weighted by Gasteiger charge is -2.06. The van der Waals surface area contributed by atoms with Crippen molar-refractivity contribution in [1.82, 2.24) is 14.6 Å². The van der Waals surface area contributed by atoms with Crippen LogP contribution < -0.4 is 11.1 Å². The third kappa shape index (κ3) is 2.71. The Morgan fingerprint density at radius 3 is 2.84 bits per heavy atom. The SMILES string of the molecule is CCS(=O)(=O)c1c(N)nsc1NCc1cn[nH]c1C. The number of aromatic nitrogens is 3. The summed E-state index contributed by atoms with van der Waals surface area (Å²) in [6, 6.07) is 0. The molecule has 104 valence electrons. The molecule has 2 aromatic rings. The number of aryl methyl sites for hydroxylation is 1. The van der Waals surface area contributed by atoms with E-state index in [0.717, 1.165) is 22.8 Å².